The van der Waals surface area contributed by atoms with Gasteiger partial charge in [0.05, 0.1) is 25.1 Å². The number of hydrogen-bond donors (Lipinski definition) is 1. The maximum absolute atomic E-state index is 6.43. The molecule has 2 aromatic heterocycles. The summed E-state index contributed by atoms with van der Waals surface area (Å²) in [4.78, 5) is 17.9. The third kappa shape index (κ3) is 4.96. The van der Waals surface area contributed by atoms with Gasteiger partial charge in [-0.05, 0) is 17.6 Å². The fourth-order valence-corrected chi connectivity index (χ4v) is 5.97. The molecule has 1 saturated carbocycles. The van der Waals surface area contributed by atoms with Gasteiger partial charge < -0.3 is 23.8 Å². The monoisotopic (exact) mass is 527 g/mol. The first-order valence-corrected chi connectivity index (χ1v) is 16.6. The summed E-state index contributed by atoms with van der Waals surface area (Å²) < 4.78 is 20.8. The highest BCUT2D eigenvalue weighted by Gasteiger charge is 2.44. The van der Waals surface area contributed by atoms with E-state index in [1.165, 1.54) is 0 Å². The Morgan fingerprint density at radius 1 is 1.05 bits per heavy atom. The number of ether oxygens (including phenoxy) is 3. The minimum atomic E-state index is -1.72. The third-order valence-corrected chi connectivity index (χ3v) is 8.01. The molecule has 6 rings (SSSR count). The van der Waals surface area contributed by atoms with E-state index in [2.05, 4.69) is 35.8 Å². The summed E-state index contributed by atoms with van der Waals surface area (Å²) in [6.07, 6.45) is 2.26. The van der Waals surface area contributed by atoms with Crippen molar-refractivity contribution in [1.82, 2.24) is 19.5 Å². The average Bonchev–Trinajstić information content (AvgIpc) is 3.48. The number of nitrogens with zero attached hydrogens (tertiary/aromatic N) is 4. The zero-order chi connectivity index (χ0) is 26.3. The van der Waals surface area contributed by atoms with Crippen LogP contribution in [-0.2, 0) is 16.1 Å². The Kier molecular flexibility index (Phi) is 6.51. The Balaban J connectivity index is 1.31. The van der Waals surface area contributed by atoms with Crippen LogP contribution < -0.4 is 9.72 Å². The zero-order valence-electron chi connectivity index (χ0n) is 22.0. The molecule has 2 fully saturated rings. The summed E-state index contributed by atoms with van der Waals surface area (Å²) in [6, 6.07) is 20.1. The topological polar surface area (TPSA) is 83.3 Å². The molecule has 0 amide bonds. The molecule has 1 aliphatic carbocycles. The van der Waals surface area contributed by atoms with Gasteiger partial charge in [0, 0.05) is 11.5 Å². The van der Waals surface area contributed by atoms with Crippen molar-refractivity contribution in [3.8, 4) is 5.88 Å². The Bertz CT molecular complexity index is 1440. The van der Waals surface area contributed by atoms with Gasteiger partial charge in [0.1, 0.15) is 14.8 Å². The Morgan fingerprint density at radius 2 is 1.79 bits per heavy atom. The van der Waals surface area contributed by atoms with Gasteiger partial charge in [-0.15, -0.1) is 0 Å². The predicted molar refractivity (Wildman–Crippen MR) is 149 cm³/mol. The highest BCUT2D eigenvalue weighted by Crippen LogP contribution is 2.46. The molecule has 8 nitrogen and oxygen atoms in total. The van der Waals surface area contributed by atoms with Crippen LogP contribution in [0.1, 0.15) is 29.9 Å². The third-order valence-electron chi connectivity index (χ3n) is 7.04. The van der Waals surface area contributed by atoms with Crippen LogP contribution in [0, 0.1) is 5.92 Å². The zero-order valence-corrected chi connectivity index (χ0v) is 23.0. The molecule has 3 heterocycles. The lowest BCUT2D eigenvalue weighted by molar-refractivity contribution is -0.229. The van der Waals surface area contributed by atoms with Crippen LogP contribution in [0.5, 0.6) is 5.88 Å². The molecule has 1 unspecified atom stereocenters. The molecule has 2 aromatic carbocycles. The van der Waals surface area contributed by atoms with E-state index >= 15 is 0 Å². The lowest BCUT2D eigenvalue weighted by atomic mass is 10.0. The van der Waals surface area contributed by atoms with E-state index in [9.17, 15) is 0 Å². The first kappa shape index (κ1) is 24.8. The van der Waals surface area contributed by atoms with Gasteiger partial charge >= 0.3 is 0 Å². The predicted octanol–water partition coefficient (Wildman–Crippen LogP) is 5.88. The molecular weight excluding hydrogens is 494 g/mol. The van der Waals surface area contributed by atoms with Crippen LogP contribution in [0.4, 0.5) is 5.95 Å². The van der Waals surface area contributed by atoms with Gasteiger partial charge in [-0.25, -0.2) is 4.98 Å². The SMILES string of the molecule is C=C1[C@@H]2COC(c3ccccc3)O[C@H]2C[C@@H]1n1cnc2c(OCc3ccccc3)nc(N[Si](C)(C)C)nc21. The minimum Gasteiger partial charge on any atom is -0.471 e. The van der Waals surface area contributed by atoms with E-state index in [0.29, 0.717) is 30.6 Å². The number of benzene rings is 2. The van der Waals surface area contributed by atoms with Crippen LogP contribution in [0.3, 0.4) is 0 Å². The minimum absolute atomic E-state index is 0.00951. The summed E-state index contributed by atoms with van der Waals surface area (Å²) in [5.74, 6) is 1.15. The number of hydrogen-bond acceptors (Lipinski definition) is 7. The smallest absolute Gasteiger partial charge is 0.247 e. The fourth-order valence-electron chi connectivity index (χ4n) is 5.19. The number of fused-ring (bicyclic) bond motifs is 2. The molecule has 1 aliphatic heterocycles. The van der Waals surface area contributed by atoms with Gasteiger partial charge in [0.2, 0.25) is 11.8 Å². The summed E-state index contributed by atoms with van der Waals surface area (Å²) in [6.45, 7) is 12.1. The number of nitrogens with one attached hydrogen (secondary N) is 1. The lowest BCUT2D eigenvalue weighted by Gasteiger charge is -2.33. The molecule has 0 bridgehead atoms. The normalized spacial score (nSPS) is 23.4. The molecular formula is C29H33N5O3Si. The van der Waals surface area contributed by atoms with Crippen molar-refractivity contribution in [3.05, 3.63) is 90.3 Å². The van der Waals surface area contributed by atoms with Crippen LogP contribution in [0.2, 0.25) is 19.6 Å². The van der Waals surface area contributed by atoms with Gasteiger partial charge in [-0.2, -0.15) is 9.97 Å². The highest BCUT2D eigenvalue weighted by molar-refractivity contribution is 6.79. The molecule has 4 aromatic rings. The van der Waals surface area contributed by atoms with Gasteiger partial charge in [-0.3, -0.25) is 0 Å². The van der Waals surface area contributed by atoms with Crippen molar-refractivity contribution < 1.29 is 14.2 Å². The molecule has 1 N–H and O–H groups in total. The van der Waals surface area contributed by atoms with E-state index in [-0.39, 0.29) is 24.4 Å². The summed E-state index contributed by atoms with van der Waals surface area (Å²) >= 11 is 0. The number of rotatable bonds is 7. The second-order valence-electron chi connectivity index (χ2n) is 11.0. The quantitative estimate of drug-likeness (QED) is 0.237. The number of imidazole rings is 1. The van der Waals surface area contributed by atoms with E-state index in [0.717, 1.165) is 28.8 Å². The molecule has 1 saturated heterocycles. The first-order valence-electron chi connectivity index (χ1n) is 13.1. The molecule has 196 valence electrons. The molecule has 0 radical (unpaired) electrons. The van der Waals surface area contributed by atoms with Gasteiger partial charge in [0.15, 0.2) is 17.5 Å². The van der Waals surface area contributed by atoms with Crippen LogP contribution >= 0.6 is 0 Å². The molecule has 38 heavy (non-hydrogen) atoms. The van der Waals surface area contributed by atoms with Crippen molar-refractivity contribution in [2.75, 3.05) is 11.6 Å². The van der Waals surface area contributed by atoms with E-state index < -0.39 is 8.24 Å². The molecule has 4 atom stereocenters. The Hall–Kier alpha value is -3.53. The summed E-state index contributed by atoms with van der Waals surface area (Å²) in [5, 5.41) is 0. The summed E-state index contributed by atoms with van der Waals surface area (Å²) in [7, 11) is -1.72. The second-order valence-corrected chi connectivity index (χ2v) is 15.8. The van der Waals surface area contributed by atoms with Crippen LogP contribution in [0.25, 0.3) is 11.2 Å². The highest BCUT2D eigenvalue weighted by atomic mass is 28.3. The van der Waals surface area contributed by atoms with Crippen molar-refractivity contribution >= 4 is 25.3 Å². The molecule has 9 heteroatoms. The Morgan fingerprint density at radius 3 is 2.53 bits per heavy atom. The van der Waals surface area contributed by atoms with E-state index in [1.807, 2.05) is 67.0 Å². The van der Waals surface area contributed by atoms with Crippen LogP contribution in [0.15, 0.2) is 79.1 Å². The van der Waals surface area contributed by atoms with Gasteiger partial charge in [-0.1, -0.05) is 86.9 Å². The fraction of sp³-hybridized carbons (Fsp3) is 0.345. The molecule has 2 aliphatic rings. The van der Waals surface area contributed by atoms with E-state index in [4.69, 9.17) is 29.2 Å². The number of anilines is 1. The van der Waals surface area contributed by atoms with Crippen molar-refractivity contribution in [3.63, 3.8) is 0 Å². The second kappa shape index (κ2) is 9.98. The average molecular weight is 528 g/mol. The lowest BCUT2D eigenvalue weighted by Crippen LogP contribution is -2.33. The largest absolute Gasteiger partial charge is 0.471 e. The van der Waals surface area contributed by atoms with E-state index in [1.54, 1.807) is 0 Å². The standard InChI is InChI=1S/C29H33N5O3Si/c1-19-22-17-36-28(21-13-9-6-10-14-21)37-24(22)15-23(19)34-18-30-25-26(34)31-29(33-38(2,3)4)32-27(25)35-16-20-11-7-5-8-12-20/h5-14,18,22-24,28H,1,15-17H2,2-4H3,(H,31,32,33)/t22-,23-,24-,28?/m0/s1. The molecule has 0 spiro atoms. The summed E-state index contributed by atoms with van der Waals surface area (Å²) in [5.41, 5.74) is 4.55. The Labute approximate surface area is 223 Å². The number of aromatic nitrogens is 4. The van der Waals surface area contributed by atoms with Crippen LogP contribution in [-0.4, -0.2) is 40.5 Å². The van der Waals surface area contributed by atoms with Gasteiger partial charge in [0.25, 0.3) is 0 Å². The first-order chi connectivity index (χ1) is 18.4. The van der Waals surface area contributed by atoms with Crippen molar-refractivity contribution in [2.45, 2.75) is 51.1 Å². The van der Waals surface area contributed by atoms with Crippen molar-refractivity contribution in [1.29, 1.82) is 0 Å². The van der Waals surface area contributed by atoms with Crippen molar-refractivity contribution in [2.24, 2.45) is 5.92 Å². The maximum Gasteiger partial charge on any atom is 0.247 e. The maximum atomic E-state index is 6.43.